The standard InChI is InChI=1S/C20H19BrN4O4/c1-24(12-17(26)22-16-9-5-4-8-15(16)21)18(27)10-11-25-20(29)14-7-3-2-6-13(14)19(28)23-25/h2-9H,10-12H2,1H3,(H,22,26)(H,23,28). The van der Waals surface area contributed by atoms with Crippen LogP contribution in [0.2, 0.25) is 0 Å². The lowest BCUT2D eigenvalue weighted by atomic mass is 10.2. The first-order chi connectivity index (χ1) is 13.9. The van der Waals surface area contributed by atoms with Gasteiger partial charge in [0.05, 0.1) is 29.5 Å². The van der Waals surface area contributed by atoms with Gasteiger partial charge in [0.25, 0.3) is 11.1 Å². The zero-order valence-electron chi connectivity index (χ0n) is 15.6. The average molecular weight is 459 g/mol. The van der Waals surface area contributed by atoms with Gasteiger partial charge in [-0.1, -0.05) is 24.3 Å². The second-order valence-corrected chi connectivity index (χ2v) is 7.33. The van der Waals surface area contributed by atoms with Crippen molar-refractivity contribution >= 4 is 44.2 Å². The molecule has 3 aromatic rings. The van der Waals surface area contributed by atoms with E-state index in [0.717, 1.165) is 9.15 Å². The Hall–Kier alpha value is -3.20. The summed E-state index contributed by atoms with van der Waals surface area (Å²) < 4.78 is 1.86. The summed E-state index contributed by atoms with van der Waals surface area (Å²) in [5, 5.41) is 5.81. The Morgan fingerprint density at radius 3 is 2.45 bits per heavy atom. The molecular weight excluding hydrogens is 440 g/mol. The number of benzene rings is 2. The zero-order chi connectivity index (χ0) is 21.0. The summed E-state index contributed by atoms with van der Waals surface area (Å²) in [4.78, 5) is 50.4. The van der Waals surface area contributed by atoms with Gasteiger partial charge in [-0.05, 0) is 40.2 Å². The lowest BCUT2D eigenvalue weighted by molar-refractivity contribution is -0.133. The Balaban J connectivity index is 1.62. The summed E-state index contributed by atoms with van der Waals surface area (Å²) in [6.45, 7) is -0.128. The maximum atomic E-state index is 12.5. The third-order valence-electron chi connectivity index (χ3n) is 4.39. The van der Waals surface area contributed by atoms with Crippen LogP contribution in [-0.4, -0.2) is 40.1 Å². The number of anilines is 1. The summed E-state index contributed by atoms with van der Waals surface area (Å²) in [7, 11) is 1.51. The van der Waals surface area contributed by atoms with Gasteiger partial charge in [0.2, 0.25) is 11.8 Å². The monoisotopic (exact) mass is 458 g/mol. The number of nitrogens with zero attached hydrogens (tertiary/aromatic N) is 2. The molecule has 29 heavy (non-hydrogen) atoms. The Kier molecular flexibility index (Phi) is 6.28. The van der Waals surface area contributed by atoms with E-state index < -0.39 is 5.56 Å². The van der Waals surface area contributed by atoms with Crippen molar-refractivity contribution in [3.8, 4) is 0 Å². The van der Waals surface area contributed by atoms with Crippen molar-refractivity contribution in [3.63, 3.8) is 0 Å². The van der Waals surface area contributed by atoms with E-state index in [2.05, 4.69) is 26.3 Å². The normalized spacial score (nSPS) is 10.7. The number of carbonyl (C=O) groups is 2. The van der Waals surface area contributed by atoms with Gasteiger partial charge >= 0.3 is 0 Å². The molecule has 0 fully saturated rings. The van der Waals surface area contributed by atoms with Crippen molar-refractivity contribution < 1.29 is 9.59 Å². The number of amides is 2. The minimum atomic E-state index is -0.395. The number of aromatic amines is 1. The van der Waals surface area contributed by atoms with E-state index in [1.165, 1.54) is 11.9 Å². The third-order valence-corrected chi connectivity index (χ3v) is 5.08. The van der Waals surface area contributed by atoms with Crippen molar-refractivity contribution in [1.29, 1.82) is 0 Å². The molecule has 2 N–H and O–H groups in total. The van der Waals surface area contributed by atoms with Crippen molar-refractivity contribution in [2.45, 2.75) is 13.0 Å². The molecule has 9 heteroatoms. The first-order valence-corrected chi connectivity index (χ1v) is 9.66. The highest BCUT2D eigenvalue weighted by Crippen LogP contribution is 2.20. The molecule has 0 atom stereocenters. The van der Waals surface area contributed by atoms with Gasteiger partial charge in [-0.15, -0.1) is 0 Å². The van der Waals surface area contributed by atoms with Crippen LogP contribution in [0.3, 0.4) is 0 Å². The van der Waals surface area contributed by atoms with Crippen molar-refractivity contribution in [1.82, 2.24) is 14.7 Å². The second-order valence-electron chi connectivity index (χ2n) is 6.47. The molecule has 1 aromatic heterocycles. The van der Waals surface area contributed by atoms with Crippen LogP contribution in [0, 0.1) is 0 Å². The fourth-order valence-corrected chi connectivity index (χ4v) is 3.24. The largest absolute Gasteiger partial charge is 0.336 e. The quantitative estimate of drug-likeness (QED) is 0.588. The average Bonchev–Trinajstić information content (AvgIpc) is 2.71. The molecule has 2 amide bonds. The van der Waals surface area contributed by atoms with Gasteiger partial charge in [0, 0.05) is 17.9 Å². The lowest BCUT2D eigenvalue weighted by Gasteiger charge is -2.17. The first-order valence-electron chi connectivity index (χ1n) is 8.87. The number of halogens is 1. The minimum absolute atomic E-state index is 0.00787. The molecule has 150 valence electrons. The third kappa shape index (κ3) is 4.80. The van der Waals surface area contributed by atoms with Crippen LogP contribution in [0.5, 0.6) is 0 Å². The van der Waals surface area contributed by atoms with Crippen molar-refractivity contribution in [3.05, 3.63) is 73.7 Å². The van der Waals surface area contributed by atoms with E-state index in [9.17, 15) is 19.2 Å². The fraction of sp³-hybridized carbons (Fsp3) is 0.200. The molecule has 2 aromatic carbocycles. The summed E-state index contributed by atoms with van der Waals surface area (Å²) in [5.74, 6) is -0.669. The second kappa shape index (κ2) is 8.87. The Morgan fingerprint density at radius 2 is 1.72 bits per heavy atom. The molecular formula is C20H19BrN4O4. The highest BCUT2D eigenvalue weighted by Gasteiger charge is 2.15. The number of carbonyl (C=O) groups excluding carboxylic acids is 2. The van der Waals surface area contributed by atoms with Crippen molar-refractivity contribution in [2.24, 2.45) is 0 Å². The van der Waals surface area contributed by atoms with Gasteiger partial charge in [-0.3, -0.25) is 24.3 Å². The number of H-pyrrole nitrogens is 1. The predicted octanol–water partition coefficient (Wildman–Crippen LogP) is 1.94. The van der Waals surface area contributed by atoms with Crippen LogP contribution in [-0.2, 0) is 16.1 Å². The van der Waals surface area contributed by atoms with E-state index >= 15 is 0 Å². The number of aryl methyl sites for hydroxylation is 1. The minimum Gasteiger partial charge on any atom is -0.336 e. The summed E-state index contributed by atoms with van der Waals surface area (Å²) in [6.07, 6.45) is -0.0347. The van der Waals surface area contributed by atoms with Gasteiger partial charge in [0.1, 0.15) is 0 Å². The molecule has 0 aliphatic carbocycles. The summed E-state index contributed by atoms with van der Waals surface area (Å²) in [5.41, 5.74) is -0.158. The van der Waals surface area contributed by atoms with Crippen LogP contribution in [0.15, 0.2) is 62.6 Å². The smallest absolute Gasteiger partial charge is 0.273 e. The molecule has 0 spiro atoms. The van der Waals surface area contributed by atoms with Crippen LogP contribution < -0.4 is 16.4 Å². The highest BCUT2D eigenvalue weighted by molar-refractivity contribution is 9.10. The topological polar surface area (TPSA) is 104 Å². The molecule has 0 unspecified atom stereocenters. The molecule has 3 rings (SSSR count). The van der Waals surface area contributed by atoms with E-state index in [4.69, 9.17) is 0 Å². The number of para-hydroxylation sites is 1. The molecule has 0 bridgehead atoms. The number of hydrogen-bond donors (Lipinski definition) is 2. The molecule has 0 saturated carbocycles. The number of rotatable bonds is 6. The number of hydrogen-bond acceptors (Lipinski definition) is 4. The molecule has 1 heterocycles. The van der Waals surface area contributed by atoms with E-state index in [0.29, 0.717) is 16.5 Å². The van der Waals surface area contributed by atoms with E-state index in [1.54, 1.807) is 42.5 Å². The highest BCUT2D eigenvalue weighted by atomic mass is 79.9. The van der Waals surface area contributed by atoms with Crippen LogP contribution in [0.1, 0.15) is 6.42 Å². The van der Waals surface area contributed by atoms with Gasteiger partial charge in [0.15, 0.2) is 0 Å². The molecule has 0 aliphatic heterocycles. The molecule has 0 saturated heterocycles. The van der Waals surface area contributed by atoms with E-state index in [1.807, 2.05) is 6.07 Å². The zero-order valence-corrected chi connectivity index (χ0v) is 17.2. The van der Waals surface area contributed by atoms with E-state index in [-0.39, 0.29) is 36.9 Å². The Labute approximate surface area is 174 Å². The fourth-order valence-electron chi connectivity index (χ4n) is 2.86. The Morgan fingerprint density at radius 1 is 1.07 bits per heavy atom. The lowest BCUT2D eigenvalue weighted by Crippen LogP contribution is -2.37. The van der Waals surface area contributed by atoms with Crippen LogP contribution in [0.4, 0.5) is 5.69 Å². The first kappa shape index (κ1) is 20.5. The van der Waals surface area contributed by atoms with Gasteiger partial charge < -0.3 is 10.2 Å². The number of aromatic nitrogens is 2. The van der Waals surface area contributed by atoms with Crippen LogP contribution in [0.25, 0.3) is 10.8 Å². The number of likely N-dealkylation sites (N-methyl/N-ethyl adjacent to an activating group) is 1. The SMILES string of the molecule is CN(CC(=O)Nc1ccccc1Br)C(=O)CCn1[nH]c(=O)c2ccccc2c1=O. The summed E-state index contributed by atoms with van der Waals surface area (Å²) >= 11 is 3.34. The molecule has 8 nitrogen and oxygen atoms in total. The van der Waals surface area contributed by atoms with Crippen molar-refractivity contribution in [2.75, 3.05) is 18.9 Å². The Bertz CT molecular complexity index is 1180. The summed E-state index contributed by atoms with van der Waals surface area (Å²) in [6, 6.07) is 13.7. The van der Waals surface area contributed by atoms with Gasteiger partial charge in [-0.2, -0.15) is 0 Å². The molecule has 0 aliphatic rings. The van der Waals surface area contributed by atoms with Crippen LogP contribution >= 0.6 is 15.9 Å². The maximum Gasteiger partial charge on any atom is 0.273 e. The van der Waals surface area contributed by atoms with Gasteiger partial charge in [-0.25, -0.2) is 4.68 Å². The maximum absolute atomic E-state index is 12.5. The predicted molar refractivity (Wildman–Crippen MR) is 114 cm³/mol. The molecule has 0 radical (unpaired) electrons. The number of nitrogens with one attached hydrogen (secondary N) is 2. The number of fused-ring (bicyclic) bond motifs is 1.